The average Bonchev–Trinajstić information content (AvgIpc) is 2.68. The van der Waals surface area contributed by atoms with Crippen molar-refractivity contribution in [3.05, 3.63) is 0 Å². The number of urea groups is 1. The molecule has 0 aromatic rings. The van der Waals surface area contributed by atoms with Crippen LogP contribution in [0.1, 0.15) is 20.3 Å². The first-order valence-electron chi connectivity index (χ1n) is 6.28. The molecular weight excluding hydrogens is 250 g/mol. The van der Waals surface area contributed by atoms with E-state index in [0.29, 0.717) is 6.54 Å². The Kier molecular flexibility index (Phi) is 4.75. The molecule has 1 rings (SSSR count). The van der Waals surface area contributed by atoms with Crippen LogP contribution >= 0.6 is 0 Å². The molecule has 0 unspecified atom stereocenters. The van der Waals surface area contributed by atoms with Crippen LogP contribution in [0.2, 0.25) is 0 Å². The number of aliphatic hydroxyl groups excluding tert-OH is 1. The standard InChI is InChI=1S/C12H23N3O4/c1-12(2,14(3)4)7-13-11(19)15-6-8(16)5-9(15)10(17)18/h8-9,16H,5-7H2,1-4H3,(H,13,19)(H,17,18)/t8-,9-/m0/s1. The number of carboxylic acids is 1. The van der Waals surface area contributed by atoms with Crippen molar-refractivity contribution in [2.24, 2.45) is 0 Å². The molecule has 2 amide bonds. The van der Waals surface area contributed by atoms with Crippen LogP contribution in [0.15, 0.2) is 0 Å². The minimum atomic E-state index is -1.08. The van der Waals surface area contributed by atoms with E-state index >= 15 is 0 Å². The Morgan fingerprint density at radius 3 is 2.47 bits per heavy atom. The summed E-state index contributed by atoms with van der Waals surface area (Å²) in [6.07, 6.45) is -0.687. The molecule has 0 radical (unpaired) electrons. The molecule has 1 aliphatic heterocycles. The zero-order valence-corrected chi connectivity index (χ0v) is 11.9. The van der Waals surface area contributed by atoms with E-state index in [1.165, 1.54) is 4.90 Å². The number of nitrogens with zero attached hydrogens (tertiary/aromatic N) is 2. The number of likely N-dealkylation sites (tertiary alicyclic amines) is 1. The number of nitrogens with one attached hydrogen (secondary N) is 1. The van der Waals surface area contributed by atoms with E-state index in [1.54, 1.807) is 0 Å². The van der Waals surface area contributed by atoms with Crippen molar-refractivity contribution >= 4 is 12.0 Å². The number of hydrogen-bond acceptors (Lipinski definition) is 4. The van der Waals surface area contributed by atoms with Crippen molar-refractivity contribution in [2.45, 2.75) is 38.0 Å². The number of likely N-dealkylation sites (N-methyl/N-ethyl adjacent to an activating group) is 1. The summed E-state index contributed by atoms with van der Waals surface area (Å²) in [5.74, 6) is -1.08. The number of carbonyl (C=O) groups is 2. The Morgan fingerprint density at radius 1 is 1.42 bits per heavy atom. The van der Waals surface area contributed by atoms with Crippen LogP contribution in [-0.2, 0) is 4.79 Å². The minimum absolute atomic E-state index is 0.0607. The second-order valence-corrected chi connectivity index (χ2v) is 5.76. The predicted molar refractivity (Wildman–Crippen MR) is 69.9 cm³/mol. The molecule has 0 saturated carbocycles. The first-order valence-corrected chi connectivity index (χ1v) is 6.28. The highest BCUT2D eigenvalue weighted by molar-refractivity contribution is 5.83. The third-order valence-electron chi connectivity index (χ3n) is 3.71. The number of aliphatic hydroxyl groups is 1. The molecule has 1 fully saturated rings. The summed E-state index contributed by atoms with van der Waals surface area (Å²) in [6.45, 7) is 4.41. The van der Waals surface area contributed by atoms with Crippen LogP contribution in [0.5, 0.6) is 0 Å². The van der Waals surface area contributed by atoms with Crippen molar-refractivity contribution in [3.63, 3.8) is 0 Å². The molecule has 1 heterocycles. The lowest BCUT2D eigenvalue weighted by Gasteiger charge is -2.33. The van der Waals surface area contributed by atoms with Gasteiger partial charge in [0.05, 0.1) is 6.10 Å². The highest BCUT2D eigenvalue weighted by Crippen LogP contribution is 2.18. The fraction of sp³-hybridized carbons (Fsp3) is 0.833. The van der Waals surface area contributed by atoms with Gasteiger partial charge in [-0.1, -0.05) is 0 Å². The minimum Gasteiger partial charge on any atom is -0.480 e. The second-order valence-electron chi connectivity index (χ2n) is 5.76. The Bertz CT molecular complexity index is 357. The van der Waals surface area contributed by atoms with Gasteiger partial charge in [-0.2, -0.15) is 0 Å². The largest absolute Gasteiger partial charge is 0.480 e. The number of aliphatic carboxylic acids is 1. The molecule has 2 atom stereocenters. The van der Waals surface area contributed by atoms with Gasteiger partial charge in [-0.05, 0) is 27.9 Å². The molecule has 1 saturated heterocycles. The molecule has 1 aliphatic rings. The molecule has 0 aromatic carbocycles. The molecule has 0 bridgehead atoms. The Hall–Kier alpha value is -1.34. The smallest absolute Gasteiger partial charge is 0.326 e. The third-order valence-corrected chi connectivity index (χ3v) is 3.71. The van der Waals surface area contributed by atoms with Gasteiger partial charge < -0.3 is 25.3 Å². The SMILES string of the molecule is CN(C)C(C)(C)CNC(=O)N1C[C@@H](O)C[C@H]1C(=O)O. The number of hydrogen-bond donors (Lipinski definition) is 3. The fourth-order valence-electron chi connectivity index (χ4n) is 1.82. The molecule has 0 aliphatic carbocycles. The van der Waals surface area contributed by atoms with Crippen molar-refractivity contribution in [1.29, 1.82) is 0 Å². The van der Waals surface area contributed by atoms with E-state index in [1.807, 2.05) is 32.8 Å². The van der Waals surface area contributed by atoms with E-state index in [9.17, 15) is 14.7 Å². The number of carbonyl (C=O) groups excluding carboxylic acids is 1. The van der Waals surface area contributed by atoms with Gasteiger partial charge in [0.2, 0.25) is 0 Å². The Labute approximate surface area is 113 Å². The third kappa shape index (κ3) is 3.81. The number of rotatable bonds is 4. The zero-order chi connectivity index (χ0) is 14.8. The monoisotopic (exact) mass is 273 g/mol. The Balaban J connectivity index is 2.60. The first kappa shape index (κ1) is 15.7. The lowest BCUT2D eigenvalue weighted by atomic mass is 10.0. The number of amides is 2. The van der Waals surface area contributed by atoms with Gasteiger partial charge in [0.15, 0.2) is 0 Å². The highest BCUT2D eigenvalue weighted by atomic mass is 16.4. The quantitative estimate of drug-likeness (QED) is 0.645. The van der Waals surface area contributed by atoms with E-state index in [2.05, 4.69) is 5.32 Å². The van der Waals surface area contributed by atoms with Gasteiger partial charge in [0.1, 0.15) is 6.04 Å². The lowest BCUT2D eigenvalue weighted by Crippen LogP contribution is -2.53. The zero-order valence-electron chi connectivity index (χ0n) is 11.9. The summed E-state index contributed by atoms with van der Waals surface area (Å²) in [4.78, 5) is 26.2. The van der Waals surface area contributed by atoms with Gasteiger partial charge in [-0.25, -0.2) is 9.59 Å². The van der Waals surface area contributed by atoms with E-state index in [-0.39, 0.29) is 18.5 Å². The molecule has 110 valence electrons. The summed E-state index contributed by atoms with van der Waals surface area (Å²) in [5, 5.41) is 21.2. The fourth-order valence-corrected chi connectivity index (χ4v) is 1.82. The summed E-state index contributed by atoms with van der Waals surface area (Å²) in [7, 11) is 3.82. The van der Waals surface area contributed by atoms with Crippen molar-refractivity contribution in [1.82, 2.24) is 15.1 Å². The Morgan fingerprint density at radius 2 is 2.00 bits per heavy atom. The van der Waals surface area contributed by atoms with Gasteiger partial charge in [-0.15, -0.1) is 0 Å². The molecule has 7 nitrogen and oxygen atoms in total. The van der Waals surface area contributed by atoms with Gasteiger partial charge in [0.25, 0.3) is 0 Å². The van der Waals surface area contributed by atoms with Crippen LogP contribution < -0.4 is 5.32 Å². The van der Waals surface area contributed by atoms with Crippen LogP contribution in [0.25, 0.3) is 0 Å². The first-order chi connectivity index (χ1) is 8.65. The predicted octanol–water partition coefficient (Wildman–Crippen LogP) is -0.444. The van der Waals surface area contributed by atoms with Crippen molar-refractivity contribution in [2.75, 3.05) is 27.2 Å². The maximum Gasteiger partial charge on any atom is 0.326 e. The molecule has 0 spiro atoms. The van der Waals surface area contributed by atoms with Gasteiger partial charge >= 0.3 is 12.0 Å². The molecule has 3 N–H and O–H groups in total. The highest BCUT2D eigenvalue weighted by Gasteiger charge is 2.39. The average molecular weight is 273 g/mol. The van der Waals surface area contributed by atoms with E-state index in [4.69, 9.17) is 5.11 Å². The lowest BCUT2D eigenvalue weighted by molar-refractivity contribution is -0.141. The van der Waals surface area contributed by atoms with Crippen LogP contribution in [0.4, 0.5) is 4.79 Å². The van der Waals surface area contributed by atoms with Gasteiger partial charge in [0, 0.05) is 25.0 Å². The molecule has 19 heavy (non-hydrogen) atoms. The van der Waals surface area contributed by atoms with Crippen molar-refractivity contribution < 1.29 is 19.8 Å². The number of β-amino-alcohol motifs (C(OH)–C–C–N with tert-alkyl or cyclic N) is 1. The van der Waals surface area contributed by atoms with E-state index in [0.717, 1.165) is 0 Å². The summed E-state index contributed by atoms with van der Waals surface area (Å²) < 4.78 is 0. The molecule has 0 aromatic heterocycles. The second kappa shape index (κ2) is 5.75. The topological polar surface area (TPSA) is 93.1 Å². The maximum atomic E-state index is 12.0. The van der Waals surface area contributed by atoms with Crippen LogP contribution in [-0.4, -0.2) is 76.9 Å². The van der Waals surface area contributed by atoms with Crippen molar-refractivity contribution in [3.8, 4) is 0 Å². The maximum absolute atomic E-state index is 12.0. The molecular formula is C12H23N3O4. The van der Waals surface area contributed by atoms with Crippen LogP contribution in [0.3, 0.4) is 0 Å². The van der Waals surface area contributed by atoms with Crippen LogP contribution in [0, 0.1) is 0 Å². The summed E-state index contributed by atoms with van der Waals surface area (Å²) in [5.41, 5.74) is -0.229. The summed E-state index contributed by atoms with van der Waals surface area (Å²) in [6, 6.07) is -1.39. The normalized spacial score (nSPS) is 23.8. The van der Waals surface area contributed by atoms with E-state index < -0.39 is 24.1 Å². The van der Waals surface area contributed by atoms with Gasteiger partial charge in [-0.3, -0.25) is 0 Å². The number of carboxylic acid groups (broad SMARTS) is 1. The molecule has 7 heteroatoms. The summed E-state index contributed by atoms with van der Waals surface area (Å²) >= 11 is 0.